The Morgan fingerprint density at radius 1 is 1.52 bits per heavy atom. The molecular weight excluding hydrogens is 310 g/mol. The molecule has 1 heterocycles. The number of phenols is 1. The summed E-state index contributed by atoms with van der Waals surface area (Å²) in [5.41, 5.74) is 0. The van der Waals surface area contributed by atoms with Crippen molar-refractivity contribution >= 4 is 29.5 Å². The van der Waals surface area contributed by atoms with E-state index in [9.17, 15) is 15.0 Å². The van der Waals surface area contributed by atoms with E-state index >= 15 is 0 Å². The number of hydrogen-bond donors (Lipinski definition) is 2. The highest BCUT2D eigenvalue weighted by Crippen LogP contribution is 2.37. The van der Waals surface area contributed by atoms with Crippen LogP contribution in [0.2, 0.25) is 5.02 Å². The first-order valence-electron chi connectivity index (χ1n) is 7.16. The van der Waals surface area contributed by atoms with Gasteiger partial charge in [-0.3, -0.25) is 0 Å². The summed E-state index contributed by atoms with van der Waals surface area (Å²) in [5.74, 6) is 0.161. The van der Waals surface area contributed by atoms with Crippen LogP contribution >= 0.6 is 23.4 Å². The van der Waals surface area contributed by atoms with Crippen LogP contribution < -0.4 is 0 Å². The predicted octanol–water partition coefficient (Wildman–Crippen LogP) is 4.45. The SMILES string of the molecule is CC[C@@H]1CC(Sc2ccc(O)cc2Cl)CCCN1C(=O)O. The van der Waals surface area contributed by atoms with Crippen molar-refractivity contribution in [1.82, 2.24) is 4.90 Å². The van der Waals surface area contributed by atoms with Crippen molar-refractivity contribution in [3.63, 3.8) is 0 Å². The molecule has 0 spiro atoms. The number of aromatic hydroxyl groups is 1. The first-order chi connectivity index (χ1) is 10.0. The number of amides is 1. The smallest absolute Gasteiger partial charge is 0.407 e. The third-order valence-electron chi connectivity index (χ3n) is 3.83. The lowest BCUT2D eigenvalue weighted by Crippen LogP contribution is -2.39. The third-order valence-corrected chi connectivity index (χ3v) is 5.62. The molecule has 6 heteroatoms. The lowest BCUT2D eigenvalue weighted by molar-refractivity contribution is 0.124. The van der Waals surface area contributed by atoms with Gasteiger partial charge in [0.05, 0.1) is 5.02 Å². The second-order valence-electron chi connectivity index (χ2n) is 5.27. The Kier molecular flexibility index (Phi) is 5.65. The van der Waals surface area contributed by atoms with E-state index in [2.05, 4.69) is 0 Å². The van der Waals surface area contributed by atoms with Gasteiger partial charge in [-0.15, -0.1) is 11.8 Å². The summed E-state index contributed by atoms with van der Waals surface area (Å²) in [4.78, 5) is 13.8. The molecule has 0 radical (unpaired) electrons. The molecule has 21 heavy (non-hydrogen) atoms. The van der Waals surface area contributed by atoms with E-state index in [1.807, 2.05) is 13.0 Å². The maximum absolute atomic E-state index is 11.3. The van der Waals surface area contributed by atoms with Gasteiger partial charge in [-0.1, -0.05) is 18.5 Å². The van der Waals surface area contributed by atoms with Crippen LogP contribution in [-0.2, 0) is 0 Å². The number of halogens is 1. The van der Waals surface area contributed by atoms with E-state index in [1.54, 1.807) is 28.8 Å². The molecule has 1 unspecified atom stereocenters. The minimum Gasteiger partial charge on any atom is -0.508 e. The number of phenolic OH excluding ortho intramolecular Hbond substituents is 1. The Morgan fingerprint density at radius 2 is 2.29 bits per heavy atom. The lowest BCUT2D eigenvalue weighted by Gasteiger charge is -2.27. The Morgan fingerprint density at radius 3 is 2.90 bits per heavy atom. The van der Waals surface area contributed by atoms with Crippen molar-refractivity contribution in [2.75, 3.05) is 6.54 Å². The molecule has 0 bridgehead atoms. The van der Waals surface area contributed by atoms with Gasteiger partial charge in [0.25, 0.3) is 0 Å². The summed E-state index contributed by atoms with van der Waals surface area (Å²) in [7, 11) is 0. The summed E-state index contributed by atoms with van der Waals surface area (Å²) in [6.07, 6.45) is 2.69. The Balaban J connectivity index is 2.08. The fourth-order valence-corrected chi connectivity index (χ4v) is 4.32. The number of carboxylic acid groups (broad SMARTS) is 1. The van der Waals surface area contributed by atoms with Crippen LogP contribution in [0.1, 0.15) is 32.6 Å². The molecule has 2 N–H and O–H groups in total. The first-order valence-corrected chi connectivity index (χ1v) is 8.41. The fraction of sp³-hybridized carbons (Fsp3) is 0.533. The minimum absolute atomic E-state index is 0.0680. The zero-order valence-corrected chi connectivity index (χ0v) is 13.5. The number of nitrogens with zero attached hydrogens (tertiary/aromatic N) is 1. The minimum atomic E-state index is -0.824. The summed E-state index contributed by atoms with van der Waals surface area (Å²) in [5, 5.41) is 19.6. The summed E-state index contributed by atoms with van der Waals surface area (Å²) in [6.45, 7) is 2.63. The van der Waals surface area contributed by atoms with E-state index in [-0.39, 0.29) is 11.8 Å². The largest absolute Gasteiger partial charge is 0.508 e. The molecule has 0 aliphatic carbocycles. The van der Waals surface area contributed by atoms with Crippen molar-refractivity contribution in [2.24, 2.45) is 0 Å². The van der Waals surface area contributed by atoms with Crippen LogP contribution in [-0.4, -0.2) is 39.0 Å². The molecule has 1 aliphatic heterocycles. The van der Waals surface area contributed by atoms with Gasteiger partial charge in [-0.25, -0.2) is 4.79 Å². The highest BCUT2D eigenvalue weighted by molar-refractivity contribution is 8.00. The number of thioether (sulfide) groups is 1. The zero-order valence-electron chi connectivity index (χ0n) is 12.0. The van der Waals surface area contributed by atoms with Gasteiger partial charge in [0.15, 0.2) is 0 Å². The average molecular weight is 330 g/mol. The maximum atomic E-state index is 11.3. The van der Waals surface area contributed by atoms with Crippen molar-refractivity contribution in [3.8, 4) is 5.75 Å². The third kappa shape index (κ3) is 4.20. The first kappa shape index (κ1) is 16.3. The lowest BCUT2D eigenvalue weighted by atomic mass is 10.1. The van der Waals surface area contributed by atoms with Gasteiger partial charge in [0.2, 0.25) is 0 Å². The van der Waals surface area contributed by atoms with Gasteiger partial charge < -0.3 is 15.1 Å². The molecule has 1 amide bonds. The highest BCUT2D eigenvalue weighted by Gasteiger charge is 2.28. The molecule has 1 saturated heterocycles. The number of hydrogen-bond acceptors (Lipinski definition) is 3. The van der Waals surface area contributed by atoms with Crippen molar-refractivity contribution < 1.29 is 15.0 Å². The van der Waals surface area contributed by atoms with E-state index in [0.717, 1.165) is 30.6 Å². The molecule has 2 rings (SSSR count). The summed E-state index contributed by atoms with van der Waals surface area (Å²) in [6, 6.07) is 5.06. The summed E-state index contributed by atoms with van der Waals surface area (Å²) < 4.78 is 0. The molecule has 4 nitrogen and oxygen atoms in total. The second kappa shape index (κ2) is 7.27. The van der Waals surface area contributed by atoms with Gasteiger partial charge in [0, 0.05) is 22.7 Å². The molecule has 1 aliphatic rings. The van der Waals surface area contributed by atoms with Gasteiger partial charge >= 0.3 is 6.09 Å². The molecule has 0 saturated carbocycles. The number of benzene rings is 1. The predicted molar refractivity (Wildman–Crippen MR) is 85.4 cm³/mol. The van der Waals surface area contributed by atoms with Crippen LogP contribution in [0.15, 0.2) is 23.1 Å². The van der Waals surface area contributed by atoms with E-state index < -0.39 is 6.09 Å². The Labute approximate surface area is 134 Å². The monoisotopic (exact) mass is 329 g/mol. The van der Waals surface area contributed by atoms with Gasteiger partial charge in [0.1, 0.15) is 5.75 Å². The molecule has 116 valence electrons. The van der Waals surface area contributed by atoms with E-state index in [0.29, 0.717) is 16.8 Å². The second-order valence-corrected chi connectivity index (χ2v) is 7.02. The van der Waals surface area contributed by atoms with Crippen molar-refractivity contribution in [2.45, 2.75) is 48.8 Å². The van der Waals surface area contributed by atoms with Gasteiger partial charge in [-0.2, -0.15) is 0 Å². The van der Waals surface area contributed by atoms with Crippen LogP contribution in [0, 0.1) is 0 Å². The molecule has 1 fully saturated rings. The van der Waals surface area contributed by atoms with Crippen molar-refractivity contribution in [3.05, 3.63) is 23.2 Å². The standard InChI is InChI=1S/C15H20ClNO3S/c1-2-10-8-12(4-3-7-17(10)15(19)20)21-14-6-5-11(18)9-13(14)16/h5-6,9-10,12,18H,2-4,7-8H2,1H3,(H,19,20)/t10-,12?/m1/s1. The zero-order chi connectivity index (χ0) is 15.4. The number of rotatable bonds is 3. The summed E-state index contributed by atoms with van der Waals surface area (Å²) >= 11 is 7.84. The van der Waals surface area contributed by atoms with Crippen LogP contribution in [0.25, 0.3) is 0 Å². The maximum Gasteiger partial charge on any atom is 0.407 e. The van der Waals surface area contributed by atoms with E-state index in [1.165, 1.54) is 0 Å². The Bertz CT molecular complexity index is 512. The van der Waals surface area contributed by atoms with E-state index in [4.69, 9.17) is 11.6 Å². The number of likely N-dealkylation sites (tertiary alicyclic amines) is 1. The quantitative estimate of drug-likeness (QED) is 0.860. The normalized spacial score (nSPS) is 22.9. The van der Waals surface area contributed by atoms with Gasteiger partial charge in [-0.05, 0) is 43.9 Å². The molecule has 1 aromatic rings. The van der Waals surface area contributed by atoms with Crippen molar-refractivity contribution in [1.29, 1.82) is 0 Å². The topological polar surface area (TPSA) is 60.8 Å². The highest BCUT2D eigenvalue weighted by atomic mass is 35.5. The molecular formula is C15H20ClNO3S. The molecule has 0 aromatic heterocycles. The number of carbonyl (C=O) groups is 1. The molecule has 1 aromatic carbocycles. The molecule has 2 atom stereocenters. The van der Waals surface area contributed by atoms with Crippen LogP contribution in [0.5, 0.6) is 5.75 Å². The average Bonchev–Trinajstić information content (AvgIpc) is 2.64. The van der Waals surface area contributed by atoms with Crippen LogP contribution in [0.3, 0.4) is 0 Å². The van der Waals surface area contributed by atoms with Crippen LogP contribution in [0.4, 0.5) is 4.79 Å². The fourth-order valence-electron chi connectivity index (χ4n) is 2.73. The Hall–Kier alpha value is -1.07.